The molecule has 1 aromatic rings. The number of nitrogens with one attached hydrogen (secondary N) is 2. The predicted octanol–water partition coefficient (Wildman–Crippen LogP) is 8.10. The second kappa shape index (κ2) is 17.0. The molecule has 1 aromatic carbocycles. The van der Waals surface area contributed by atoms with Gasteiger partial charge < -0.3 is 24.8 Å². The first kappa shape index (κ1) is 42.8. The second-order valence-electron chi connectivity index (χ2n) is 20.3. The number of rotatable bonds is 16. The van der Waals surface area contributed by atoms with Gasteiger partial charge in [0.25, 0.3) is 0 Å². The Balaban J connectivity index is 1.28. The molecule has 2 heterocycles. The Morgan fingerprint density at radius 2 is 1.82 bits per heavy atom. The van der Waals surface area contributed by atoms with Gasteiger partial charge in [-0.25, -0.2) is 10.2 Å². The molecule has 4 saturated carbocycles. The largest absolute Gasteiger partial charge is 0.458 e. The van der Waals surface area contributed by atoms with E-state index in [-0.39, 0.29) is 36.4 Å². The Morgan fingerprint density at radius 3 is 2.54 bits per heavy atom. The first-order chi connectivity index (χ1) is 27.2. The highest BCUT2D eigenvalue weighted by Crippen LogP contribution is 2.74. The lowest BCUT2D eigenvalue weighted by Gasteiger charge is -2.71. The molecule has 2 aliphatic heterocycles. The third kappa shape index (κ3) is 7.68. The van der Waals surface area contributed by atoms with Crippen molar-refractivity contribution in [1.82, 2.24) is 10.9 Å². The molecule has 4 aliphatic carbocycles. The Bertz CT molecular complexity index is 1600. The summed E-state index contributed by atoms with van der Waals surface area (Å²) in [6.07, 6.45) is 16.7. The Morgan fingerprint density at radius 1 is 1.04 bits per heavy atom. The Labute approximate surface area is 342 Å². The SMILES string of the molecule is CCCCCC1CCCC12CC1NNC3(OC(C)=O)CC(C)C(O)(CCC4=CC(=O)OC4)C4(C(O)CCC(C)CCCc5ccccc5)C(O)CCC(C)(C1C2)C34. The first-order valence-corrected chi connectivity index (χ1v) is 22.9. The van der Waals surface area contributed by atoms with Crippen LogP contribution in [0.2, 0.25) is 0 Å². The smallest absolute Gasteiger partial charge is 0.331 e. The molecule has 5 fully saturated rings. The van der Waals surface area contributed by atoms with Crippen molar-refractivity contribution in [2.75, 3.05) is 6.61 Å². The van der Waals surface area contributed by atoms with Crippen LogP contribution in [0.1, 0.15) is 156 Å². The second-order valence-corrected chi connectivity index (χ2v) is 20.3. The molecular formula is C48H74N2O7. The summed E-state index contributed by atoms with van der Waals surface area (Å²) in [6, 6.07) is 10.7. The number of hydrogen-bond donors (Lipinski definition) is 5. The van der Waals surface area contributed by atoms with Crippen LogP contribution in [0.25, 0.3) is 0 Å². The average Bonchev–Trinajstić information content (AvgIpc) is 3.89. The summed E-state index contributed by atoms with van der Waals surface area (Å²) >= 11 is 0. The Kier molecular flexibility index (Phi) is 12.8. The fourth-order valence-corrected chi connectivity index (χ4v) is 14.4. The summed E-state index contributed by atoms with van der Waals surface area (Å²) < 4.78 is 11.9. The monoisotopic (exact) mass is 791 g/mol. The van der Waals surface area contributed by atoms with E-state index in [0.29, 0.717) is 43.9 Å². The van der Waals surface area contributed by atoms with Crippen LogP contribution in [0.4, 0.5) is 0 Å². The van der Waals surface area contributed by atoms with Crippen molar-refractivity contribution in [1.29, 1.82) is 0 Å². The van der Waals surface area contributed by atoms with Gasteiger partial charge in [-0.05, 0) is 129 Å². The van der Waals surface area contributed by atoms with E-state index in [2.05, 4.69) is 55.9 Å². The van der Waals surface area contributed by atoms with Crippen LogP contribution in [0, 0.1) is 45.8 Å². The van der Waals surface area contributed by atoms with E-state index < -0.39 is 52.2 Å². The van der Waals surface area contributed by atoms with Crippen LogP contribution in [0.3, 0.4) is 0 Å². The zero-order chi connectivity index (χ0) is 40.6. The molecule has 6 aliphatic rings. The van der Waals surface area contributed by atoms with E-state index >= 15 is 0 Å². The van der Waals surface area contributed by atoms with Gasteiger partial charge in [-0.1, -0.05) is 90.1 Å². The molecule has 7 rings (SSSR count). The maximum atomic E-state index is 13.7. The van der Waals surface area contributed by atoms with Crippen LogP contribution in [0.5, 0.6) is 0 Å². The van der Waals surface area contributed by atoms with Crippen molar-refractivity contribution in [3.63, 3.8) is 0 Å². The number of aliphatic hydroxyl groups excluding tert-OH is 2. The highest BCUT2D eigenvalue weighted by Gasteiger charge is 2.80. The summed E-state index contributed by atoms with van der Waals surface area (Å²) in [7, 11) is 0. The standard InChI is InChI=1S/C48H74N2O7/c1-6-7-9-18-37-19-13-24-45(37)29-38-39(30-45)49-50-47(57-34(4)51)28-33(3)46(55,26-22-36-27-42(54)56-31-36)48(41(53)23-25-44(38,5)43(47)48)40(52)21-20-32(2)14-12-17-35-15-10-8-11-16-35/h8,10-11,15-16,27,32-33,37-41,43,49-50,52-53,55H,6-7,9,12-14,17-26,28-31H2,1-5H3. The lowest BCUT2D eigenvalue weighted by atomic mass is 9.36. The van der Waals surface area contributed by atoms with Gasteiger partial charge in [0, 0.05) is 31.4 Å². The van der Waals surface area contributed by atoms with Crippen LogP contribution in [0.15, 0.2) is 42.0 Å². The molecule has 13 atom stereocenters. The third-order valence-electron chi connectivity index (χ3n) is 17.0. The van der Waals surface area contributed by atoms with Crippen LogP contribution >= 0.6 is 0 Å². The molecule has 13 unspecified atom stereocenters. The molecule has 57 heavy (non-hydrogen) atoms. The fourth-order valence-electron chi connectivity index (χ4n) is 14.4. The number of ether oxygens (including phenoxy) is 2. The Hall–Kier alpha value is -2.30. The van der Waals surface area contributed by atoms with Crippen molar-refractivity contribution >= 4 is 11.9 Å². The van der Waals surface area contributed by atoms with Crippen molar-refractivity contribution in [3.8, 4) is 0 Å². The number of hydrogen-bond acceptors (Lipinski definition) is 9. The number of aryl methyl sites for hydroxylation is 1. The lowest BCUT2D eigenvalue weighted by molar-refractivity contribution is -0.351. The van der Waals surface area contributed by atoms with Gasteiger partial charge in [0.15, 0.2) is 5.72 Å². The number of carbonyl (C=O) groups is 2. The average molecular weight is 791 g/mol. The molecule has 1 spiro atoms. The molecule has 1 saturated heterocycles. The van der Waals surface area contributed by atoms with Gasteiger partial charge in [-0.15, -0.1) is 0 Å². The number of unbranched alkanes of at least 4 members (excludes halogenated alkanes) is 2. The normalized spacial score (nSPS) is 40.8. The summed E-state index contributed by atoms with van der Waals surface area (Å²) in [5, 5.41) is 39.8. The summed E-state index contributed by atoms with van der Waals surface area (Å²) in [4.78, 5) is 25.5. The number of fused-ring (bicyclic) bond motifs is 2. The topological polar surface area (TPSA) is 137 Å². The predicted molar refractivity (Wildman–Crippen MR) is 221 cm³/mol. The molecule has 0 aromatic heterocycles. The molecule has 0 bridgehead atoms. The molecule has 0 amide bonds. The van der Waals surface area contributed by atoms with Gasteiger partial charge in [-0.3, -0.25) is 10.2 Å². The molecule has 5 N–H and O–H groups in total. The van der Waals surface area contributed by atoms with Crippen LogP contribution < -0.4 is 10.9 Å². The lowest BCUT2D eigenvalue weighted by Crippen LogP contribution is -2.81. The van der Waals surface area contributed by atoms with E-state index in [1.807, 2.05) is 13.0 Å². The number of aliphatic hydroxyl groups is 3. The zero-order valence-corrected chi connectivity index (χ0v) is 35.7. The maximum absolute atomic E-state index is 13.7. The van der Waals surface area contributed by atoms with Gasteiger partial charge in [0.05, 0.1) is 23.2 Å². The fraction of sp³-hybridized carbons (Fsp3) is 0.792. The maximum Gasteiger partial charge on any atom is 0.331 e. The van der Waals surface area contributed by atoms with E-state index in [1.54, 1.807) is 0 Å². The molecule has 9 nitrogen and oxygen atoms in total. The summed E-state index contributed by atoms with van der Waals surface area (Å²) in [5.41, 5.74) is 5.16. The van der Waals surface area contributed by atoms with Crippen molar-refractivity contribution in [2.24, 2.45) is 45.8 Å². The highest BCUT2D eigenvalue weighted by atomic mass is 16.6. The van der Waals surface area contributed by atoms with Crippen molar-refractivity contribution < 1.29 is 34.4 Å². The highest BCUT2D eigenvalue weighted by molar-refractivity contribution is 5.85. The van der Waals surface area contributed by atoms with Gasteiger partial charge in [0.1, 0.15) is 6.61 Å². The van der Waals surface area contributed by atoms with Gasteiger partial charge in [-0.2, -0.15) is 0 Å². The van der Waals surface area contributed by atoms with Gasteiger partial charge in [0.2, 0.25) is 0 Å². The van der Waals surface area contributed by atoms with Gasteiger partial charge >= 0.3 is 11.9 Å². The van der Waals surface area contributed by atoms with Crippen LogP contribution in [-0.2, 0) is 25.5 Å². The number of esters is 2. The summed E-state index contributed by atoms with van der Waals surface area (Å²) in [5.74, 6) is -0.658. The molecule has 9 heteroatoms. The summed E-state index contributed by atoms with van der Waals surface area (Å²) in [6.45, 7) is 10.5. The van der Waals surface area contributed by atoms with Crippen molar-refractivity contribution in [3.05, 3.63) is 47.5 Å². The first-order valence-electron chi connectivity index (χ1n) is 22.9. The van der Waals surface area contributed by atoms with E-state index in [0.717, 1.165) is 44.1 Å². The minimum absolute atomic E-state index is 0.129. The molecular weight excluding hydrogens is 717 g/mol. The minimum Gasteiger partial charge on any atom is -0.458 e. The van der Waals surface area contributed by atoms with E-state index in [9.17, 15) is 24.9 Å². The quantitative estimate of drug-likeness (QED) is 0.0832. The number of carbonyl (C=O) groups excluding carboxylic acids is 2. The molecule has 318 valence electrons. The van der Waals surface area contributed by atoms with Crippen molar-refractivity contribution in [2.45, 2.75) is 186 Å². The number of hydrazine groups is 1. The number of cyclic esters (lactones) is 1. The van der Waals surface area contributed by atoms with E-state index in [1.165, 1.54) is 63.5 Å². The minimum atomic E-state index is -1.54. The zero-order valence-electron chi connectivity index (χ0n) is 35.7. The number of benzene rings is 1. The third-order valence-corrected chi connectivity index (χ3v) is 17.0. The van der Waals surface area contributed by atoms with E-state index in [4.69, 9.17) is 9.47 Å². The molecule has 0 radical (unpaired) electrons. The van der Waals surface area contributed by atoms with Crippen LogP contribution in [-0.4, -0.2) is 63.4 Å².